The Hall–Kier alpha value is -8.19. The van der Waals surface area contributed by atoms with Crippen LogP contribution < -0.4 is 0 Å². The second kappa shape index (κ2) is 13.2. The van der Waals surface area contributed by atoms with E-state index in [0.29, 0.717) is 17.5 Å². The number of thiophene rings is 1. The average Bonchev–Trinajstić information content (AvgIpc) is 4.02. The van der Waals surface area contributed by atoms with Crippen molar-refractivity contribution in [2.75, 3.05) is 0 Å². The van der Waals surface area contributed by atoms with Gasteiger partial charge in [-0.25, -0.2) is 15.0 Å². The molecule has 14 aromatic rings. The van der Waals surface area contributed by atoms with Crippen molar-refractivity contribution in [1.82, 2.24) is 19.5 Å². The minimum atomic E-state index is 0.627. The van der Waals surface area contributed by atoms with E-state index in [1.165, 1.54) is 63.5 Å². The van der Waals surface area contributed by atoms with Gasteiger partial charge in [-0.05, 0) is 105 Å². The monoisotopic (exact) mass is 820 g/mol. The Labute approximate surface area is 363 Å². The summed E-state index contributed by atoms with van der Waals surface area (Å²) in [6.45, 7) is 0. The lowest BCUT2D eigenvalue weighted by Crippen LogP contribution is -2.00. The first-order valence-corrected chi connectivity index (χ1v) is 22.0. The maximum Gasteiger partial charge on any atom is 0.164 e. The molecule has 5 nitrogen and oxygen atoms in total. The summed E-state index contributed by atoms with van der Waals surface area (Å²) < 4.78 is 11.5. The lowest BCUT2D eigenvalue weighted by atomic mass is 10.0. The minimum Gasteiger partial charge on any atom is -0.456 e. The van der Waals surface area contributed by atoms with Gasteiger partial charge in [-0.15, -0.1) is 11.3 Å². The van der Waals surface area contributed by atoms with Crippen molar-refractivity contribution >= 4 is 108 Å². The molecule has 0 aliphatic heterocycles. The topological polar surface area (TPSA) is 56.7 Å². The molecule has 63 heavy (non-hydrogen) atoms. The van der Waals surface area contributed by atoms with Crippen LogP contribution in [0.3, 0.4) is 0 Å². The molecule has 4 heterocycles. The van der Waals surface area contributed by atoms with E-state index in [0.717, 1.165) is 55.1 Å². The Balaban J connectivity index is 0.948. The van der Waals surface area contributed by atoms with Gasteiger partial charge in [0.15, 0.2) is 17.5 Å². The minimum absolute atomic E-state index is 0.627. The number of fused-ring (bicyclic) bond motifs is 14. The third kappa shape index (κ3) is 5.25. The van der Waals surface area contributed by atoms with E-state index >= 15 is 0 Å². The van der Waals surface area contributed by atoms with Crippen molar-refractivity contribution in [2.24, 2.45) is 0 Å². The summed E-state index contributed by atoms with van der Waals surface area (Å²) in [5.41, 5.74) is 7.97. The predicted molar refractivity (Wildman–Crippen MR) is 263 cm³/mol. The maximum atomic E-state index is 6.58. The molecular weight excluding hydrogens is 789 g/mol. The highest BCUT2D eigenvalue weighted by Crippen LogP contribution is 2.42. The highest BCUT2D eigenvalue weighted by atomic mass is 32.1. The number of furan rings is 1. The molecule has 0 saturated carbocycles. The normalized spacial score (nSPS) is 12.1. The van der Waals surface area contributed by atoms with Gasteiger partial charge in [-0.1, -0.05) is 121 Å². The third-order valence-corrected chi connectivity index (χ3v) is 13.9. The van der Waals surface area contributed by atoms with Crippen LogP contribution in [-0.2, 0) is 0 Å². The Kier molecular flexibility index (Phi) is 7.21. The van der Waals surface area contributed by atoms with Crippen molar-refractivity contribution in [3.05, 3.63) is 194 Å². The van der Waals surface area contributed by atoms with Gasteiger partial charge in [0, 0.05) is 64.1 Å². The second-order valence-corrected chi connectivity index (χ2v) is 17.5. The lowest BCUT2D eigenvalue weighted by Gasteiger charge is -2.10. The number of nitrogens with zero attached hydrogens (tertiary/aromatic N) is 4. The summed E-state index contributed by atoms with van der Waals surface area (Å²) in [6, 6.07) is 69.2. The van der Waals surface area contributed by atoms with Crippen molar-refractivity contribution in [2.45, 2.75) is 0 Å². The van der Waals surface area contributed by atoms with Crippen LogP contribution in [0.1, 0.15) is 0 Å². The molecule has 0 saturated heterocycles. The molecule has 0 atom stereocenters. The number of hydrogen-bond acceptors (Lipinski definition) is 5. The molecule has 0 amide bonds. The number of aromatic nitrogens is 4. The molecule has 292 valence electrons. The van der Waals surface area contributed by atoms with Gasteiger partial charge in [0.25, 0.3) is 0 Å². The molecule has 4 aromatic heterocycles. The first-order chi connectivity index (χ1) is 31.2. The zero-order valence-corrected chi connectivity index (χ0v) is 34.4. The molecule has 0 N–H and O–H groups in total. The summed E-state index contributed by atoms with van der Waals surface area (Å²) in [4.78, 5) is 15.3. The van der Waals surface area contributed by atoms with Crippen molar-refractivity contribution in [3.8, 4) is 39.9 Å². The number of benzene rings is 10. The average molecular weight is 821 g/mol. The molecule has 0 unspecified atom stereocenters. The Morgan fingerprint density at radius 2 is 1.00 bits per heavy atom. The van der Waals surface area contributed by atoms with E-state index in [-0.39, 0.29) is 0 Å². The van der Waals surface area contributed by atoms with E-state index in [9.17, 15) is 0 Å². The summed E-state index contributed by atoms with van der Waals surface area (Å²) in [7, 11) is 0. The number of hydrogen-bond donors (Lipinski definition) is 0. The van der Waals surface area contributed by atoms with Crippen LogP contribution in [0.15, 0.2) is 199 Å². The number of rotatable bonds is 4. The standard InChI is InChI=1S/C57H32N4OS/c1-2-11-34(12-3-1)55-58-56(60-57(59-55)39-21-27-52-44(30-39)43-16-8-9-17-51(43)63-52)38-18-23-42-37(28-38)20-25-50-54(42)46-32-40(22-26-49(46)62-50)61-47-24-19-33-10-6-7-15-41(33)53(47)45-29-35-13-4-5-14-36(35)31-48(45)61/h1-32H. The SMILES string of the molecule is c1ccc(-c2nc(-c3ccc4c(ccc5oc6ccc(-n7c8cc9ccccc9cc8c8c9ccccc9ccc87)cc6c54)c3)nc(-c3ccc4sc5ccccc5c4c3)n2)cc1. The van der Waals surface area contributed by atoms with Gasteiger partial charge in [0.2, 0.25) is 0 Å². The Morgan fingerprint density at radius 1 is 0.349 bits per heavy atom. The summed E-state index contributed by atoms with van der Waals surface area (Å²) in [5, 5.41) is 14.3. The van der Waals surface area contributed by atoms with Crippen LogP contribution in [0.5, 0.6) is 0 Å². The van der Waals surface area contributed by atoms with Gasteiger partial charge in [-0.3, -0.25) is 0 Å². The summed E-state index contributed by atoms with van der Waals surface area (Å²) in [5.74, 6) is 1.91. The lowest BCUT2D eigenvalue weighted by molar-refractivity contribution is 0.669. The largest absolute Gasteiger partial charge is 0.456 e. The zero-order chi connectivity index (χ0) is 41.2. The summed E-state index contributed by atoms with van der Waals surface area (Å²) >= 11 is 1.81. The van der Waals surface area contributed by atoms with Crippen LogP contribution in [0.25, 0.3) is 136 Å². The first-order valence-electron chi connectivity index (χ1n) is 21.2. The van der Waals surface area contributed by atoms with E-state index in [2.05, 4.69) is 180 Å². The fraction of sp³-hybridized carbons (Fsp3) is 0. The zero-order valence-electron chi connectivity index (χ0n) is 33.6. The van der Waals surface area contributed by atoms with E-state index in [1.807, 2.05) is 29.5 Å². The van der Waals surface area contributed by atoms with Crippen molar-refractivity contribution < 1.29 is 4.42 Å². The van der Waals surface area contributed by atoms with Crippen LogP contribution in [0.2, 0.25) is 0 Å². The van der Waals surface area contributed by atoms with Gasteiger partial charge < -0.3 is 8.98 Å². The molecular formula is C57H32N4OS. The molecule has 0 spiro atoms. The smallest absolute Gasteiger partial charge is 0.164 e. The third-order valence-electron chi connectivity index (χ3n) is 12.8. The fourth-order valence-electron chi connectivity index (χ4n) is 9.84. The Bertz CT molecular complexity index is 4220. The fourth-order valence-corrected chi connectivity index (χ4v) is 10.9. The van der Waals surface area contributed by atoms with Crippen LogP contribution >= 0.6 is 11.3 Å². The maximum absolute atomic E-state index is 6.58. The second-order valence-electron chi connectivity index (χ2n) is 16.4. The predicted octanol–water partition coefficient (Wildman–Crippen LogP) is 15.7. The van der Waals surface area contributed by atoms with Crippen LogP contribution in [0, 0.1) is 0 Å². The highest BCUT2D eigenvalue weighted by Gasteiger charge is 2.20. The molecule has 0 radical (unpaired) electrons. The van der Waals surface area contributed by atoms with E-state index in [4.69, 9.17) is 19.4 Å². The first kappa shape index (κ1) is 34.5. The molecule has 0 bridgehead atoms. The van der Waals surface area contributed by atoms with Crippen molar-refractivity contribution in [1.29, 1.82) is 0 Å². The van der Waals surface area contributed by atoms with Gasteiger partial charge >= 0.3 is 0 Å². The molecule has 0 fully saturated rings. The van der Waals surface area contributed by atoms with Crippen molar-refractivity contribution in [3.63, 3.8) is 0 Å². The van der Waals surface area contributed by atoms with Crippen LogP contribution in [-0.4, -0.2) is 19.5 Å². The Morgan fingerprint density at radius 3 is 1.86 bits per heavy atom. The summed E-state index contributed by atoms with van der Waals surface area (Å²) in [6.07, 6.45) is 0. The molecule has 0 aliphatic rings. The van der Waals surface area contributed by atoms with Gasteiger partial charge in [-0.2, -0.15) is 0 Å². The highest BCUT2D eigenvalue weighted by molar-refractivity contribution is 7.25. The van der Waals surface area contributed by atoms with Crippen LogP contribution in [0.4, 0.5) is 0 Å². The molecule has 6 heteroatoms. The van der Waals surface area contributed by atoms with Gasteiger partial charge in [0.05, 0.1) is 11.0 Å². The molecule has 0 aliphatic carbocycles. The van der Waals surface area contributed by atoms with Gasteiger partial charge in [0.1, 0.15) is 11.2 Å². The molecule has 10 aromatic carbocycles. The van der Waals surface area contributed by atoms with E-state index < -0.39 is 0 Å². The molecule has 14 rings (SSSR count). The van der Waals surface area contributed by atoms with E-state index in [1.54, 1.807) is 0 Å². The quantitative estimate of drug-likeness (QED) is 0.177.